The Kier molecular flexibility index (Phi) is 4.92. The largest absolute Gasteiger partial charge is 0.344 e. The number of anilines is 1. The third-order valence-corrected chi connectivity index (χ3v) is 5.84. The molecule has 142 valence electrons. The molecule has 28 heavy (non-hydrogen) atoms. The molecule has 0 fully saturated rings. The van der Waals surface area contributed by atoms with Crippen LogP contribution < -0.4 is 10.6 Å². The Balaban J connectivity index is 1.46. The third kappa shape index (κ3) is 3.66. The van der Waals surface area contributed by atoms with Crippen LogP contribution in [0.25, 0.3) is 0 Å². The van der Waals surface area contributed by atoms with E-state index in [-0.39, 0.29) is 11.9 Å². The van der Waals surface area contributed by atoms with Gasteiger partial charge in [-0.1, -0.05) is 35.6 Å². The van der Waals surface area contributed by atoms with Gasteiger partial charge in [-0.05, 0) is 55.2 Å². The molecule has 3 aromatic rings. The molecule has 0 saturated carbocycles. The molecule has 2 aromatic carbocycles. The van der Waals surface area contributed by atoms with Gasteiger partial charge in [0.15, 0.2) is 5.13 Å². The van der Waals surface area contributed by atoms with E-state index in [0.29, 0.717) is 21.3 Å². The van der Waals surface area contributed by atoms with Crippen molar-refractivity contribution >= 4 is 28.3 Å². The van der Waals surface area contributed by atoms with Crippen molar-refractivity contribution in [3.8, 4) is 0 Å². The summed E-state index contributed by atoms with van der Waals surface area (Å²) in [5.41, 5.74) is 3.30. The summed E-state index contributed by atoms with van der Waals surface area (Å²) in [6.07, 6.45) is 1.82. The summed E-state index contributed by atoms with van der Waals surface area (Å²) in [7, 11) is 0. The van der Waals surface area contributed by atoms with E-state index in [1.807, 2.05) is 18.2 Å². The van der Waals surface area contributed by atoms with E-state index < -0.39 is 11.7 Å². The summed E-state index contributed by atoms with van der Waals surface area (Å²) in [6.45, 7) is 1.74. The molecule has 0 aliphatic heterocycles. The van der Waals surface area contributed by atoms with Crippen molar-refractivity contribution in [2.45, 2.75) is 25.8 Å². The minimum absolute atomic E-state index is 0.0116. The number of halogens is 1. The second-order valence-electron chi connectivity index (χ2n) is 6.66. The monoisotopic (exact) mass is 395 g/mol. The van der Waals surface area contributed by atoms with Crippen LogP contribution in [0.15, 0.2) is 48.5 Å². The highest BCUT2D eigenvalue weighted by Gasteiger charge is 2.25. The summed E-state index contributed by atoms with van der Waals surface area (Å²) < 4.78 is 13.0. The standard InChI is InChI=1S/C21H18FN3O2S/c1-12-18(20(27)24-17-11-8-13-4-2-3-5-16(13)17)28-21(23-12)25-19(26)14-6-9-15(22)10-7-14/h2-7,9-10,17H,8,11H2,1H3,(H,24,27)(H,23,25,26). The van der Waals surface area contributed by atoms with E-state index in [0.717, 1.165) is 29.7 Å². The van der Waals surface area contributed by atoms with E-state index >= 15 is 0 Å². The lowest BCUT2D eigenvalue weighted by molar-refractivity contribution is 0.0939. The van der Waals surface area contributed by atoms with Gasteiger partial charge < -0.3 is 5.32 Å². The van der Waals surface area contributed by atoms with Gasteiger partial charge >= 0.3 is 0 Å². The van der Waals surface area contributed by atoms with Crippen LogP contribution in [-0.4, -0.2) is 16.8 Å². The maximum atomic E-state index is 13.0. The van der Waals surface area contributed by atoms with Crippen molar-refractivity contribution in [2.75, 3.05) is 5.32 Å². The van der Waals surface area contributed by atoms with Crippen molar-refractivity contribution in [3.05, 3.63) is 81.6 Å². The molecule has 7 heteroatoms. The molecule has 2 amide bonds. The zero-order valence-electron chi connectivity index (χ0n) is 15.2. The number of amides is 2. The van der Waals surface area contributed by atoms with E-state index in [4.69, 9.17) is 0 Å². The van der Waals surface area contributed by atoms with E-state index in [1.165, 1.54) is 29.8 Å². The van der Waals surface area contributed by atoms with Crippen molar-refractivity contribution in [3.63, 3.8) is 0 Å². The number of carbonyl (C=O) groups excluding carboxylic acids is 2. The predicted octanol–water partition coefficient (Wildman–Crippen LogP) is 4.26. The number of nitrogens with zero attached hydrogens (tertiary/aromatic N) is 1. The van der Waals surface area contributed by atoms with E-state index in [9.17, 15) is 14.0 Å². The van der Waals surface area contributed by atoms with Gasteiger partial charge in [-0.15, -0.1) is 0 Å². The number of rotatable bonds is 4. The molecule has 1 atom stereocenters. The second kappa shape index (κ2) is 7.52. The summed E-state index contributed by atoms with van der Waals surface area (Å²) in [4.78, 5) is 29.8. The number of benzene rings is 2. The topological polar surface area (TPSA) is 71.1 Å². The number of aromatic nitrogens is 1. The smallest absolute Gasteiger partial charge is 0.263 e. The average molecular weight is 395 g/mol. The average Bonchev–Trinajstić information content (AvgIpc) is 3.26. The highest BCUT2D eigenvalue weighted by atomic mass is 32.1. The Morgan fingerprint density at radius 1 is 1.11 bits per heavy atom. The van der Waals surface area contributed by atoms with Gasteiger partial charge in [0.2, 0.25) is 0 Å². The summed E-state index contributed by atoms with van der Waals surface area (Å²) in [6, 6.07) is 13.3. The Hall–Kier alpha value is -3.06. The molecule has 4 rings (SSSR count). The minimum Gasteiger partial charge on any atom is -0.344 e. The maximum absolute atomic E-state index is 13.0. The highest BCUT2D eigenvalue weighted by molar-refractivity contribution is 7.17. The molecule has 0 spiro atoms. The maximum Gasteiger partial charge on any atom is 0.263 e. The first-order valence-electron chi connectivity index (χ1n) is 8.94. The molecule has 1 unspecified atom stereocenters. The molecular formula is C21H18FN3O2S. The van der Waals surface area contributed by atoms with Crippen LogP contribution in [0.4, 0.5) is 9.52 Å². The molecule has 2 N–H and O–H groups in total. The SMILES string of the molecule is Cc1nc(NC(=O)c2ccc(F)cc2)sc1C(=O)NC1CCc2ccccc21. The number of fused-ring (bicyclic) bond motifs is 1. The van der Waals surface area contributed by atoms with Crippen molar-refractivity contribution in [1.82, 2.24) is 10.3 Å². The molecule has 0 radical (unpaired) electrons. The van der Waals surface area contributed by atoms with Gasteiger partial charge in [0, 0.05) is 5.56 Å². The van der Waals surface area contributed by atoms with Gasteiger partial charge in [-0.3, -0.25) is 14.9 Å². The van der Waals surface area contributed by atoms with Gasteiger partial charge in [0.1, 0.15) is 10.7 Å². The summed E-state index contributed by atoms with van der Waals surface area (Å²) >= 11 is 1.13. The molecule has 1 aliphatic carbocycles. The normalized spacial score (nSPS) is 15.1. The van der Waals surface area contributed by atoms with Gasteiger partial charge in [0.05, 0.1) is 11.7 Å². The number of aryl methyl sites for hydroxylation is 2. The summed E-state index contributed by atoms with van der Waals surface area (Å²) in [5, 5.41) is 6.08. The first-order chi connectivity index (χ1) is 13.5. The van der Waals surface area contributed by atoms with Crippen molar-refractivity contribution < 1.29 is 14.0 Å². The van der Waals surface area contributed by atoms with Crippen LogP contribution in [0.2, 0.25) is 0 Å². The first-order valence-corrected chi connectivity index (χ1v) is 9.76. The second-order valence-corrected chi connectivity index (χ2v) is 7.66. The van der Waals surface area contributed by atoms with Crippen LogP contribution in [0.3, 0.4) is 0 Å². The Bertz CT molecular complexity index is 1050. The molecule has 1 aliphatic rings. The summed E-state index contributed by atoms with van der Waals surface area (Å²) in [5.74, 6) is -1.00. The molecule has 1 aromatic heterocycles. The van der Waals surface area contributed by atoms with Crippen LogP contribution in [0.5, 0.6) is 0 Å². The molecule has 1 heterocycles. The number of hydrogen-bond acceptors (Lipinski definition) is 4. The quantitative estimate of drug-likeness (QED) is 0.693. The predicted molar refractivity (Wildman–Crippen MR) is 106 cm³/mol. The van der Waals surface area contributed by atoms with Crippen molar-refractivity contribution in [2.24, 2.45) is 0 Å². The van der Waals surface area contributed by atoms with Crippen molar-refractivity contribution in [1.29, 1.82) is 0 Å². The highest BCUT2D eigenvalue weighted by Crippen LogP contribution is 2.32. The Labute approximate surface area is 165 Å². The van der Waals surface area contributed by atoms with E-state index in [1.54, 1.807) is 6.92 Å². The molecular weight excluding hydrogens is 377 g/mol. The Morgan fingerprint density at radius 3 is 2.64 bits per heavy atom. The third-order valence-electron chi connectivity index (χ3n) is 4.77. The molecule has 5 nitrogen and oxygen atoms in total. The van der Waals surface area contributed by atoms with E-state index in [2.05, 4.69) is 21.7 Å². The number of carbonyl (C=O) groups is 2. The lowest BCUT2D eigenvalue weighted by atomic mass is 10.1. The minimum atomic E-state index is -0.408. The first kappa shape index (κ1) is 18.3. The van der Waals surface area contributed by atoms with Gasteiger partial charge in [-0.25, -0.2) is 9.37 Å². The molecule has 0 saturated heterocycles. The van der Waals surface area contributed by atoms with Crippen LogP contribution >= 0.6 is 11.3 Å². The molecule has 0 bridgehead atoms. The zero-order chi connectivity index (χ0) is 19.7. The fourth-order valence-electron chi connectivity index (χ4n) is 3.36. The van der Waals surface area contributed by atoms with Crippen LogP contribution in [0, 0.1) is 12.7 Å². The number of thiazole rings is 1. The van der Waals surface area contributed by atoms with Gasteiger partial charge in [-0.2, -0.15) is 0 Å². The Morgan fingerprint density at radius 2 is 1.86 bits per heavy atom. The fraction of sp³-hybridized carbons (Fsp3) is 0.190. The van der Waals surface area contributed by atoms with Crippen LogP contribution in [0.1, 0.15) is 49.3 Å². The lowest BCUT2D eigenvalue weighted by Gasteiger charge is -2.13. The van der Waals surface area contributed by atoms with Crippen LogP contribution in [-0.2, 0) is 6.42 Å². The fourth-order valence-corrected chi connectivity index (χ4v) is 4.23. The zero-order valence-corrected chi connectivity index (χ0v) is 16.0. The number of nitrogens with one attached hydrogen (secondary N) is 2. The number of hydrogen-bond donors (Lipinski definition) is 2. The van der Waals surface area contributed by atoms with Gasteiger partial charge in [0.25, 0.3) is 11.8 Å². The lowest BCUT2D eigenvalue weighted by Crippen LogP contribution is -2.26.